The van der Waals surface area contributed by atoms with Crippen molar-refractivity contribution in [3.8, 4) is 11.3 Å². The SMILES string of the molecule is Cc1nc(Nc2ncc(F)c(-c3cc(C)c4nc5n(c4c3)C(C)(C)CC5)n2)ccc1CN1CCNCC1. The maximum absolute atomic E-state index is 15.0. The van der Waals surface area contributed by atoms with Gasteiger partial charge in [0.05, 0.1) is 17.2 Å². The van der Waals surface area contributed by atoms with Gasteiger partial charge in [0.1, 0.15) is 17.3 Å². The average Bonchev–Trinajstić information content (AvgIpc) is 3.40. The second kappa shape index (κ2) is 9.15. The Kier molecular flexibility index (Phi) is 5.92. The van der Waals surface area contributed by atoms with Crippen LogP contribution < -0.4 is 10.6 Å². The molecule has 0 aliphatic carbocycles. The molecular formula is C28H33FN8. The van der Waals surface area contributed by atoms with E-state index in [4.69, 9.17) is 9.97 Å². The van der Waals surface area contributed by atoms with Crippen molar-refractivity contribution in [2.45, 2.75) is 52.6 Å². The second-order valence-corrected chi connectivity index (χ2v) is 10.8. The number of pyridine rings is 1. The molecule has 3 aromatic heterocycles. The zero-order chi connectivity index (χ0) is 25.7. The summed E-state index contributed by atoms with van der Waals surface area (Å²) in [7, 11) is 0. The normalized spacial score (nSPS) is 17.3. The van der Waals surface area contributed by atoms with Crippen LogP contribution >= 0.6 is 0 Å². The minimum Gasteiger partial charge on any atom is -0.322 e. The highest BCUT2D eigenvalue weighted by molar-refractivity contribution is 5.86. The first-order valence-corrected chi connectivity index (χ1v) is 13.0. The predicted octanol–water partition coefficient (Wildman–Crippen LogP) is 4.47. The van der Waals surface area contributed by atoms with Gasteiger partial charge in [-0.25, -0.2) is 24.3 Å². The lowest BCUT2D eigenvalue weighted by Crippen LogP contribution is -2.43. The van der Waals surface area contributed by atoms with Crippen molar-refractivity contribution in [3.05, 3.63) is 58.9 Å². The number of halogens is 1. The van der Waals surface area contributed by atoms with Gasteiger partial charge in [0, 0.05) is 55.9 Å². The summed E-state index contributed by atoms with van der Waals surface area (Å²) in [4.78, 5) is 20.8. The molecular weight excluding hydrogens is 467 g/mol. The molecule has 1 fully saturated rings. The van der Waals surface area contributed by atoms with E-state index in [0.29, 0.717) is 17.3 Å². The van der Waals surface area contributed by atoms with Gasteiger partial charge >= 0.3 is 0 Å². The first-order valence-electron chi connectivity index (χ1n) is 13.0. The minimum atomic E-state index is -0.458. The molecule has 1 saturated heterocycles. The molecule has 0 atom stereocenters. The van der Waals surface area contributed by atoms with E-state index < -0.39 is 5.82 Å². The molecule has 0 unspecified atom stereocenters. The van der Waals surface area contributed by atoms with Gasteiger partial charge in [0.25, 0.3) is 0 Å². The van der Waals surface area contributed by atoms with Gasteiger partial charge in [0.2, 0.25) is 5.95 Å². The number of hydrogen-bond donors (Lipinski definition) is 2. The fourth-order valence-corrected chi connectivity index (χ4v) is 5.59. The lowest BCUT2D eigenvalue weighted by molar-refractivity contribution is 0.232. The molecule has 2 aliphatic rings. The summed E-state index contributed by atoms with van der Waals surface area (Å²) in [6, 6.07) is 8.00. The standard InChI is InChI=1S/C28H33FN8/c1-17-13-20(14-22-25(17)34-24-7-8-28(3,4)37(22)24)26-21(29)15-31-27(35-26)33-23-6-5-19(18(2)32-23)16-36-11-9-30-10-12-36/h5-6,13-15,30H,7-12,16H2,1-4H3,(H,31,32,33,35). The first kappa shape index (κ1) is 23.9. The number of hydrogen-bond acceptors (Lipinski definition) is 7. The second-order valence-electron chi connectivity index (χ2n) is 10.8. The summed E-state index contributed by atoms with van der Waals surface area (Å²) in [5.41, 5.74) is 6.13. The van der Waals surface area contributed by atoms with E-state index in [0.717, 1.165) is 73.7 Å². The number of nitrogens with zero attached hydrogens (tertiary/aromatic N) is 6. The highest BCUT2D eigenvalue weighted by atomic mass is 19.1. The van der Waals surface area contributed by atoms with Crippen molar-refractivity contribution in [2.24, 2.45) is 0 Å². The average molecular weight is 501 g/mol. The topological polar surface area (TPSA) is 83.8 Å². The molecule has 9 heteroatoms. The van der Waals surface area contributed by atoms with E-state index in [-0.39, 0.29) is 11.2 Å². The number of aryl methyl sites for hydroxylation is 3. The van der Waals surface area contributed by atoms with Crippen molar-refractivity contribution < 1.29 is 4.39 Å². The van der Waals surface area contributed by atoms with Gasteiger partial charge in [-0.05, 0) is 63.4 Å². The lowest BCUT2D eigenvalue weighted by atomic mass is 10.0. The predicted molar refractivity (Wildman–Crippen MR) is 144 cm³/mol. The largest absolute Gasteiger partial charge is 0.322 e. The third-order valence-corrected chi connectivity index (χ3v) is 7.64. The van der Waals surface area contributed by atoms with E-state index in [9.17, 15) is 0 Å². The van der Waals surface area contributed by atoms with Crippen molar-refractivity contribution >= 4 is 22.8 Å². The van der Waals surface area contributed by atoms with Gasteiger partial charge in [-0.3, -0.25) is 4.90 Å². The van der Waals surface area contributed by atoms with Gasteiger partial charge in [-0.2, -0.15) is 0 Å². The first-order chi connectivity index (χ1) is 17.8. The van der Waals surface area contributed by atoms with Crippen molar-refractivity contribution in [3.63, 3.8) is 0 Å². The van der Waals surface area contributed by atoms with Crippen molar-refractivity contribution in [1.29, 1.82) is 0 Å². The Hall–Kier alpha value is -3.43. The molecule has 0 spiro atoms. The molecule has 37 heavy (non-hydrogen) atoms. The fourth-order valence-electron chi connectivity index (χ4n) is 5.59. The summed E-state index contributed by atoms with van der Waals surface area (Å²) in [6.45, 7) is 13.5. The fraction of sp³-hybridized carbons (Fsp3) is 0.429. The molecule has 2 aliphatic heterocycles. The smallest absolute Gasteiger partial charge is 0.229 e. The Morgan fingerprint density at radius 3 is 2.68 bits per heavy atom. The van der Waals surface area contributed by atoms with Gasteiger partial charge in [-0.1, -0.05) is 6.07 Å². The number of imidazole rings is 1. The van der Waals surface area contributed by atoms with E-state index in [2.05, 4.69) is 50.0 Å². The van der Waals surface area contributed by atoms with Crippen LogP contribution in [0.25, 0.3) is 22.3 Å². The summed E-state index contributed by atoms with van der Waals surface area (Å²) >= 11 is 0. The minimum absolute atomic E-state index is 0.0212. The van der Waals surface area contributed by atoms with Crippen LogP contribution in [-0.2, 0) is 18.5 Å². The highest BCUT2D eigenvalue weighted by Gasteiger charge is 2.32. The number of piperazine rings is 1. The summed E-state index contributed by atoms with van der Waals surface area (Å²) in [5, 5.41) is 6.56. The van der Waals surface area contributed by atoms with E-state index in [1.54, 1.807) is 0 Å². The number of fused-ring (bicyclic) bond motifs is 3. The maximum Gasteiger partial charge on any atom is 0.229 e. The molecule has 8 nitrogen and oxygen atoms in total. The van der Waals surface area contributed by atoms with Gasteiger partial charge < -0.3 is 15.2 Å². The van der Waals surface area contributed by atoms with E-state index in [1.165, 1.54) is 11.8 Å². The molecule has 2 N–H and O–H groups in total. The molecule has 0 bridgehead atoms. The number of benzene rings is 1. The van der Waals surface area contributed by atoms with Crippen LogP contribution in [0.2, 0.25) is 0 Å². The molecule has 4 aromatic rings. The number of nitrogens with one attached hydrogen (secondary N) is 2. The monoisotopic (exact) mass is 500 g/mol. The van der Waals surface area contributed by atoms with Crippen LogP contribution in [0.4, 0.5) is 16.2 Å². The Labute approximate surface area is 216 Å². The Bertz CT molecular complexity index is 1490. The van der Waals surface area contributed by atoms with Crippen LogP contribution in [-0.4, -0.2) is 55.6 Å². The van der Waals surface area contributed by atoms with Crippen LogP contribution in [0.3, 0.4) is 0 Å². The van der Waals surface area contributed by atoms with Crippen molar-refractivity contribution in [2.75, 3.05) is 31.5 Å². The van der Waals surface area contributed by atoms with Gasteiger partial charge in [0.15, 0.2) is 5.82 Å². The van der Waals surface area contributed by atoms with Gasteiger partial charge in [-0.15, -0.1) is 0 Å². The van der Waals surface area contributed by atoms with Crippen LogP contribution in [0.5, 0.6) is 0 Å². The highest BCUT2D eigenvalue weighted by Crippen LogP contribution is 2.38. The molecule has 0 radical (unpaired) electrons. The van der Waals surface area contributed by atoms with E-state index in [1.807, 2.05) is 32.0 Å². The Morgan fingerprint density at radius 1 is 1.08 bits per heavy atom. The summed E-state index contributed by atoms with van der Waals surface area (Å²) in [6.07, 6.45) is 3.22. The molecule has 5 heterocycles. The third-order valence-electron chi connectivity index (χ3n) is 7.64. The quantitative estimate of drug-likeness (QED) is 0.418. The molecule has 6 rings (SSSR count). The Balaban J connectivity index is 1.29. The third kappa shape index (κ3) is 4.46. The molecule has 0 amide bonds. The summed E-state index contributed by atoms with van der Waals surface area (Å²) in [5.74, 6) is 1.59. The lowest BCUT2D eigenvalue weighted by Gasteiger charge is -2.27. The number of aromatic nitrogens is 5. The van der Waals surface area contributed by atoms with Crippen molar-refractivity contribution in [1.82, 2.24) is 34.7 Å². The van der Waals surface area contributed by atoms with Crippen LogP contribution in [0.15, 0.2) is 30.5 Å². The summed E-state index contributed by atoms with van der Waals surface area (Å²) < 4.78 is 17.3. The molecule has 1 aromatic carbocycles. The van der Waals surface area contributed by atoms with Crippen LogP contribution in [0, 0.1) is 19.7 Å². The number of anilines is 2. The zero-order valence-corrected chi connectivity index (χ0v) is 21.9. The Morgan fingerprint density at radius 2 is 1.89 bits per heavy atom. The van der Waals surface area contributed by atoms with Crippen LogP contribution in [0.1, 0.15) is 42.9 Å². The molecule has 0 saturated carbocycles. The molecule has 192 valence electrons. The van der Waals surface area contributed by atoms with E-state index >= 15 is 4.39 Å². The maximum atomic E-state index is 15.0. The number of rotatable bonds is 5. The zero-order valence-electron chi connectivity index (χ0n) is 21.9.